The van der Waals surface area contributed by atoms with Crippen LogP contribution in [0, 0.1) is 0 Å². The molecule has 3 aliphatic heterocycles. The molecule has 1 spiro atoms. The number of hydrogen-bond donors (Lipinski definition) is 2. The molecule has 0 unspecified atom stereocenters. The van der Waals surface area contributed by atoms with E-state index in [1.54, 1.807) is 6.92 Å². The highest BCUT2D eigenvalue weighted by Gasteiger charge is 2.40. The van der Waals surface area contributed by atoms with Crippen LogP contribution in [0.5, 0.6) is 5.75 Å². The zero-order valence-electron chi connectivity index (χ0n) is 15.8. The predicted octanol–water partition coefficient (Wildman–Crippen LogP) is 1.71. The van der Waals surface area contributed by atoms with Crippen molar-refractivity contribution in [2.24, 2.45) is 0 Å². The third-order valence-corrected chi connectivity index (χ3v) is 5.87. The lowest BCUT2D eigenvalue weighted by Crippen LogP contribution is -2.50. The maximum absolute atomic E-state index is 13.1. The van der Waals surface area contributed by atoms with Gasteiger partial charge in [0.25, 0.3) is 5.91 Å². The maximum Gasteiger partial charge on any atom is 0.252 e. The predicted molar refractivity (Wildman–Crippen MR) is 103 cm³/mol. The summed E-state index contributed by atoms with van der Waals surface area (Å²) >= 11 is 0. The van der Waals surface area contributed by atoms with Gasteiger partial charge >= 0.3 is 0 Å². The van der Waals surface area contributed by atoms with Crippen LogP contribution >= 0.6 is 0 Å². The molecule has 2 N–H and O–H groups in total. The molecule has 0 saturated carbocycles. The van der Waals surface area contributed by atoms with Gasteiger partial charge in [-0.1, -0.05) is 18.2 Å². The monoisotopic (exact) mass is 369 g/mol. The first-order valence-corrected chi connectivity index (χ1v) is 9.85. The van der Waals surface area contributed by atoms with Crippen molar-refractivity contribution in [1.82, 2.24) is 15.5 Å². The number of fused-ring (bicyclic) bond motifs is 1. The highest BCUT2D eigenvalue weighted by Crippen LogP contribution is 2.41. The Labute approximate surface area is 159 Å². The van der Waals surface area contributed by atoms with Crippen LogP contribution in [0.25, 0.3) is 5.57 Å². The van der Waals surface area contributed by atoms with Gasteiger partial charge in [0, 0.05) is 44.5 Å². The summed E-state index contributed by atoms with van der Waals surface area (Å²) in [7, 11) is 0. The van der Waals surface area contributed by atoms with E-state index in [0.717, 1.165) is 37.2 Å². The highest BCUT2D eigenvalue weighted by atomic mass is 16.5. The minimum atomic E-state index is -0.513. The molecule has 1 aromatic carbocycles. The fourth-order valence-corrected chi connectivity index (χ4v) is 4.23. The lowest BCUT2D eigenvalue weighted by atomic mass is 9.84. The molecule has 144 valence electrons. The van der Waals surface area contributed by atoms with Crippen molar-refractivity contribution in [2.75, 3.05) is 26.2 Å². The van der Waals surface area contributed by atoms with E-state index in [1.165, 1.54) is 0 Å². The summed E-state index contributed by atoms with van der Waals surface area (Å²) in [6.45, 7) is 4.78. The number of piperidine rings is 2. The molecule has 0 radical (unpaired) electrons. The molecule has 1 aromatic rings. The van der Waals surface area contributed by atoms with Crippen LogP contribution in [0.1, 0.15) is 38.2 Å². The van der Waals surface area contributed by atoms with E-state index in [2.05, 4.69) is 10.6 Å². The Balaban J connectivity index is 1.59. The molecule has 3 aliphatic rings. The first kappa shape index (κ1) is 18.0. The number of carbonyl (C=O) groups is 2. The Kier molecular flexibility index (Phi) is 4.91. The van der Waals surface area contributed by atoms with Crippen molar-refractivity contribution < 1.29 is 14.3 Å². The smallest absolute Gasteiger partial charge is 0.252 e. The second kappa shape index (κ2) is 7.35. The molecule has 0 aromatic heterocycles. The summed E-state index contributed by atoms with van der Waals surface area (Å²) in [4.78, 5) is 26.6. The lowest BCUT2D eigenvalue weighted by molar-refractivity contribution is -0.131. The number of nitrogens with one attached hydrogen (secondary N) is 2. The van der Waals surface area contributed by atoms with Gasteiger partial charge in [-0.15, -0.1) is 0 Å². The Bertz CT molecular complexity index is 760. The van der Waals surface area contributed by atoms with Gasteiger partial charge in [0.1, 0.15) is 11.4 Å². The summed E-state index contributed by atoms with van der Waals surface area (Å²) in [6, 6.07) is 7.96. The summed E-state index contributed by atoms with van der Waals surface area (Å²) in [5.41, 5.74) is 1.04. The molecule has 0 atom stereocenters. The van der Waals surface area contributed by atoms with Crippen LogP contribution in [0.2, 0.25) is 0 Å². The summed E-state index contributed by atoms with van der Waals surface area (Å²) in [6.07, 6.45) is 5.31. The molecule has 6 nitrogen and oxygen atoms in total. The van der Waals surface area contributed by atoms with Crippen molar-refractivity contribution in [1.29, 1.82) is 0 Å². The largest absolute Gasteiger partial charge is 0.482 e. The van der Waals surface area contributed by atoms with Gasteiger partial charge in [-0.3, -0.25) is 9.59 Å². The molecular weight excluding hydrogens is 342 g/mol. The SMILES string of the molecule is CC(=O)N1CCC2(C=C(C(=O)NC3CCNCC3)c3ccccc3O2)CC1. The number of likely N-dealkylation sites (tertiary alicyclic amines) is 1. The Morgan fingerprint density at radius 3 is 2.59 bits per heavy atom. The normalized spacial score (nSPS) is 21.8. The van der Waals surface area contributed by atoms with Crippen molar-refractivity contribution >= 4 is 17.4 Å². The molecule has 4 rings (SSSR count). The van der Waals surface area contributed by atoms with Crippen LogP contribution in [-0.4, -0.2) is 54.5 Å². The first-order chi connectivity index (χ1) is 13.1. The Hall–Kier alpha value is -2.34. The third-order valence-electron chi connectivity index (χ3n) is 5.87. The third kappa shape index (κ3) is 3.72. The summed E-state index contributed by atoms with van der Waals surface area (Å²) in [5, 5.41) is 6.54. The molecule has 27 heavy (non-hydrogen) atoms. The van der Waals surface area contributed by atoms with Crippen LogP contribution < -0.4 is 15.4 Å². The number of amides is 2. The Morgan fingerprint density at radius 1 is 1.19 bits per heavy atom. The molecule has 0 aliphatic carbocycles. The molecular formula is C21H27N3O3. The van der Waals surface area contributed by atoms with Crippen LogP contribution in [0.4, 0.5) is 0 Å². The van der Waals surface area contributed by atoms with Crippen LogP contribution in [-0.2, 0) is 9.59 Å². The second-order valence-electron chi connectivity index (χ2n) is 7.72. The van der Waals surface area contributed by atoms with Crippen molar-refractivity contribution in [3.8, 4) is 5.75 Å². The molecule has 2 fully saturated rings. The van der Waals surface area contributed by atoms with Gasteiger partial charge in [0.2, 0.25) is 5.91 Å². The van der Waals surface area contributed by atoms with Gasteiger partial charge in [0.15, 0.2) is 0 Å². The maximum atomic E-state index is 13.1. The summed E-state index contributed by atoms with van der Waals surface area (Å²) in [5.74, 6) is 0.826. The number of rotatable bonds is 2. The average Bonchev–Trinajstić information content (AvgIpc) is 2.68. The number of ether oxygens (including phenoxy) is 1. The zero-order chi connectivity index (χ0) is 18.9. The first-order valence-electron chi connectivity index (χ1n) is 9.85. The van der Waals surface area contributed by atoms with E-state index in [1.807, 2.05) is 35.2 Å². The molecule has 2 saturated heterocycles. The molecule has 3 heterocycles. The van der Waals surface area contributed by atoms with Crippen LogP contribution in [0.15, 0.2) is 30.3 Å². The average molecular weight is 369 g/mol. The summed E-state index contributed by atoms with van der Waals surface area (Å²) < 4.78 is 6.35. The van der Waals surface area contributed by atoms with E-state index in [9.17, 15) is 9.59 Å². The van der Waals surface area contributed by atoms with Crippen molar-refractivity contribution in [3.05, 3.63) is 35.9 Å². The molecule has 0 bridgehead atoms. The molecule has 2 amide bonds. The van der Waals surface area contributed by atoms with Gasteiger partial charge in [-0.25, -0.2) is 0 Å². The quantitative estimate of drug-likeness (QED) is 0.833. The lowest BCUT2D eigenvalue weighted by Gasteiger charge is -2.42. The van der Waals surface area contributed by atoms with Gasteiger partial charge in [-0.05, 0) is 38.1 Å². The second-order valence-corrected chi connectivity index (χ2v) is 7.72. The van der Waals surface area contributed by atoms with E-state index in [0.29, 0.717) is 31.5 Å². The van der Waals surface area contributed by atoms with E-state index < -0.39 is 5.60 Å². The van der Waals surface area contributed by atoms with E-state index >= 15 is 0 Å². The molecule has 6 heteroatoms. The van der Waals surface area contributed by atoms with Crippen molar-refractivity contribution in [2.45, 2.75) is 44.2 Å². The van der Waals surface area contributed by atoms with E-state index in [-0.39, 0.29) is 17.9 Å². The van der Waals surface area contributed by atoms with Gasteiger partial charge < -0.3 is 20.3 Å². The standard InChI is InChI=1S/C21H27N3O3/c1-15(25)24-12-8-21(9-13-24)14-18(17-4-2-3-5-19(17)27-21)20(26)23-16-6-10-22-11-7-16/h2-5,14,16,22H,6-13H2,1H3,(H,23,26). The topological polar surface area (TPSA) is 70.7 Å². The van der Waals surface area contributed by atoms with Gasteiger partial charge in [-0.2, -0.15) is 0 Å². The zero-order valence-corrected chi connectivity index (χ0v) is 15.8. The van der Waals surface area contributed by atoms with Crippen LogP contribution in [0.3, 0.4) is 0 Å². The van der Waals surface area contributed by atoms with E-state index in [4.69, 9.17) is 4.74 Å². The highest BCUT2D eigenvalue weighted by molar-refractivity contribution is 6.21. The minimum Gasteiger partial charge on any atom is -0.482 e. The fourth-order valence-electron chi connectivity index (χ4n) is 4.23. The fraction of sp³-hybridized carbons (Fsp3) is 0.524. The van der Waals surface area contributed by atoms with Gasteiger partial charge in [0.05, 0.1) is 5.57 Å². The number of carbonyl (C=O) groups excluding carboxylic acids is 2. The Morgan fingerprint density at radius 2 is 1.89 bits per heavy atom. The minimum absolute atomic E-state index is 0.0222. The number of hydrogen-bond acceptors (Lipinski definition) is 4. The van der Waals surface area contributed by atoms with Crippen molar-refractivity contribution in [3.63, 3.8) is 0 Å². The number of nitrogens with zero attached hydrogens (tertiary/aromatic N) is 1. The number of benzene rings is 1. The number of para-hydroxylation sites is 1.